The van der Waals surface area contributed by atoms with Crippen LogP contribution in [0.1, 0.15) is 0 Å². The zero-order valence-corrected chi connectivity index (χ0v) is 6.47. The molecule has 2 rings (SSSR count). The third-order valence-electron chi connectivity index (χ3n) is 1.45. The molecular weight excluding hydrogens is 160 g/mol. The van der Waals surface area contributed by atoms with E-state index in [4.69, 9.17) is 5.11 Å². The molecule has 4 heteroatoms. The lowest BCUT2D eigenvalue weighted by Gasteiger charge is -1.88. The van der Waals surface area contributed by atoms with Gasteiger partial charge in [0.2, 0.25) is 0 Å². The van der Waals surface area contributed by atoms with Crippen molar-refractivity contribution >= 4 is 23.7 Å². The van der Waals surface area contributed by atoms with Gasteiger partial charge in [-0.15, -0.1) is 12.6 Å². The number of thiol groups is 1. The molecule has 1 heterocycles. The van der Waals surface area contributed by atoms with E-state index in [0.717, 1.165) is 15.9 Å². The van der Waals surface area contributed by atoms with Gasteiger partial charge in [0, 0.05) is 4.90 Å². The molecule has 0 aliphatic heterocycles. The van der Waals surface area contributed by atoms with Gasteiger partial charge in [-0.05, 0) is 18.2 Å². The van der Waals surface area contributed by atoms with Crippen molar-refractivity contribution in [3.8, 4) is 6.01 Å². The Labute approximate surface area is 68.5 Å². The van der Waals surface area contributed by atoms with Gasteiger partial charge in [0.25, 0.3) is 6.01 Å². The molecule has 1 aromatic heterocycles. The molecule has 1 aromatic carbocycles. The van der Waals surface area contributed by atoms with Crippen molar-refractivity contribution in [2.75, 3.05) is 0 Å². The Balaban J connectivity index is 2.82. The number of H-pyrrole nitrogens is 1. The van der Waals surface area contributed by atoms with Crippen LogP contribution >= 0.6 is 12.6 Å². The van der Waals surface area contributed by atoms with Gasteiger partial charge < -0.3 is 10.1 Å². The lowest BCUT2D eigenvalue weighted by Crippen LogP contribution is -1.68. The van der Waals surface area contributed by atoms with Crippen molar-refractivity contribution in [3.05, 3.63) is 18.2 Å². The topological polar surface area (TPSA) is 48.9 Å². The van der Waals surface area contributed by atoms with Crippen molar-refractivity contribution in [1.82, 2.24) is 9.97 Å². The minimum absolute atomic E-state index is 0.0565. The molecule has 0 spiro atoms. The van der Waals surface area contributed by atoms with Crippen molar-refractivity contribution in [3.63, 3.8) is 0 Å². The van der Waals surface area contributed by atoms with Crippen LogP contribution in [0.4, 0.5) is 0 Å². The standard InChI is InChI=1S/C7H6N2OS/c10-7-8-5-2-1-4(11)3-6(5)9-7/h1-3,11H,(H2,8,9,10). The van der Waals surface area contributed by atoms with Gasteiger partial charge in [-0.2, -0.15) is 4.98 Å². The molecule has 0 amide bonds. The first-order valence-corrected chi connectivity index (χ1v) is 3.58. The van der Waals surface area contributed by atoms with E-state index < -0.39 is 0 Å². The van der Waals surface area contributed by atoms with Gasteiger partial charge in [-0.3, -0.25) is 0 Å². The second-order valence-electron chi connectivity index (χ2n) is 2.26. The van der Waals surface area contributed by atoms with E-state index in [1.165, 1.54) is 0 Å². The van der Waals surface area contributed by atoms with Crippen molar-refractivity contribution in [2.24, 2.45) is 0 Å². The highest BCUT2D eigenvalue weighted by atomic mass is 32.1. The molecule has 3 nitrogen and oxygen atoms in total. The zero-order chi connectivity index (χ0) is 7.84. The third-order valence-corrected chi connectivity index (χ3v) is 1.73. The summed E-state index contributed by atoms with van der Waals surface area (Å²) in [7, 11) is 0. The predicted molar refractivity (Wildman–Crippen MR) is 45.0 cm³/mol. The predicted octanol–water partition coefficient (Wildman–Crippen LogP) is 1.56. The maximum Gasteiger partial charge on any atom is 0.292 e. The summed E-state index contributed by atoms with van der Waals surface area (Å²) in [5, 5.41) is 8.96. The fourth-order valence-electron chi connectivity index (χ4n) is 0.984. The zero-order valence-electron chi connectivity index (χ0n) is 5.57. The molecule has 56 valence electrons. The molecule has 0 aliphatic carbocycles. The maximum absolute atomic E-state index is 8.96. The molecule has 0 radical (unpaired) electrons. The maximum atomic E-state index is 8.96. The highest BCUT2D eigenvalue weighted by molar-refractivity contribution is 7.80. The molecular formula is C7H6N2OS. The minimum atomic E-state index is -0.0565. The highest BCUT2D eigenvalue weighted by Gasteiger charge is 1.99. The van der Waals surface area contributed by atoms with E-state index in [1.807, 2.05) is 12.1 Å². The van der Waals surface area contributed by atoms with Crippen LogP contribution in [0.3, 0.4) is 0 Å². The van der Waals surface area contributed by atoms with Crippen LogP contribution in [-0.4, -0.2) is 15.1 Å². The monoisotopic (exact) mass is 166 g/mol. The van der Waals surface area contributed by atoms with Crippen LogP contribution in [0.2, 0.25) is 0 Å². The SMILES string of the molecule is Oc1nc2ccc(S)cc2[nH]1. The van der Waals surface area contributed by atoms with Crippen molar-refractivity contribution in [2.45, 2.75) is 4.90 Å². The number of nitrogens with zero attached hydrogens (tertiary/aromatic N) is 1. The Hall–Kier alpha value is -1.16. The molecule has 2 aromatic rings. The quantitative estimate of drug-likeness (QED) is 0.520. The Morgan fingerprint density at radius 3 is 3.09 bits per heavy atom. The van der Waals surface area contributed by atoms with Gasteiger partial charge in [-0.25, -0.2) is 0 Å². The normalized spacial score (nSPS) is 10.6. The average Bonchev–Trinajstić information content (AvgIpc) is 2.27. The van der Waals surface area contributed by atoms with E-state index in [-0.39, 0.29) is 6.01 Å². The second kappa shape index (κ2) is 2.17. The van der Waals surface area contributed by atoms with E-state index in [9.17, 15) is 0 Å². The van der Waals surface area contributed by atoms with E-state index in [0.29, 0.717) is 0 Å². The summed E-state index contributed by atoms with van der Waals surface area (Å²) >= 11 is 4.14. The van der Waals surface area contributed by atoms with Crippen LogP contribution in [0.5, 0.6) is 6.01 Å². The van der Waals surface area contributed by atoms with Gasteiger partial charge >= 0.3 is 0 Å². The van der Waals surface area contributed by atoms with E-state index in [2.05, 4.69) is 22.6 Å². The molecule has 0 saturated carbocycles. The van der Waals surface area contributed by atoms with Crippen LogP contribution in [-0.2, 0) is 0 Å². The number of aromatic nitrogens is 2. The second-order valence-corrected chi connectivity index (χ2v) is 2.78. The lowest BCUT2D eigenvalue weighted by molar-refractivity contribution is 0.438. The summed E-state index contributed by atoms with van der Waals surface area (Å²) in [6.07, 6.45) is 0. The first-order chi connectivity index (χ1) is 5.25. The third kappa shape index (κ3) is 1.05. The first-order valence-electron chi connectivity index (χ1n) is 3.13. The summed E-state index contributed by atoms with van der Waals surface area (Å²) in [6, 6.07) is 5.38. The summed E-state index contributed by atoms with van der Waals surface area (Å²) in [5.74, 6) is 0. The fourth-order valence-corrected chi connectivity index (χ4v) is 1.19. The number of benzene rings is 1. The van der Waals surface area contributed by atoms with Gasteiger partial charge in [-0.1, -0.05) is 0 Å². The molecule has 0 fully saturated rings. The number of aromatic amines is 1. The molecule has 0 aliphatic rings. The van der Waals surface area contributed by atoms with Gasteiger partial charge in [0.05, 0.1) is 11.0 Å². The molecule has 2 N–H and O–H groups in total. The summed E-state index contributed by atoms with van der Waals surface area (Å²) in [4.78, 5) is 7.36. The van der Waals surface area contributed by atoms with Crippen LogP contribution in [0, 0.1) is 0 Å². The van der Waals surface area contributed by atoms with Crippen molar-refractivity contribution in [1.29, 1.82) is 0 Å². The van der Waals surface area contributed by atoms with Gasteiger partial charge in [0.1, 0.15) is 0 Å². The molecule has 0 atom stereocenters. The molecule has 0 unspecified atom stereocenters. The first kappa shape index (κ1) is 6.54. The van der Waals surface area contributed by atoms with E-state index >= 15 is 0 Å². The number of fused-ring (bicyclic) bond motifs is 1. The largest absolute Gasteiger partial charge is 0.480 e. The smallest absolute Gasteiger partial charge is 0.292 e. The minimum Gasteiger partial charge on any atom is -0.480 e. The Morgan fingerprint density at radius 2 is 2.27 bits per heavy atom. The summed E-state index contributed by atoms with van der Waals surface area (Å²) in [6.45, 7) is 0. The molecule has 11 heavy (non-hydrogen) atoms. The van der Waals surface area contributed by atoms with Crippen LogP contribution in [0.15, 0.2) is 23.1 Å². The molecule has 0 bridgehead atoms. The lowest BCUT2D eigenvalue weighted by atomic mass is 10.3. The van der Waals surface area contributed by atoms with Gasteiger partial charge in [0.15, 0.2) is 0 Å². The average molecular weight is 166 g/mol. The number of hydrogen-bond donors (Lipinski definition) is 3. The fraction of sp³-hybridized carbons (Fsp3) is 0. The van der Waals surface area contributed by atoms with Crippen LogP contribution in [0.25, 0.3) is 11.0 Å². The number of imidazole rings is 1. The Bertz CT molecular complexity index is 396. The summed E-state index contributed by atoms with van der Waals surface area (Å²) < 4.78 is 0. The van der Waals surface area contributed by atoms with E-state index in [1.54, 1.807) is 6.07 Å². The van der Waals surface area contributed by atoms with Crippen LogP contribution < -0.4 is 0 Å². The molecule has 0 saturated heterocycles. The number of aromatic hydroxyl groups is 1. The summed E-state index contributed by atoms with van der Waals surface area (Å²) in [5.41, 5.74) is 1.55. The highest BCUT2D eigenvalue weighted by Crippen LogP contribution is 2.17. The number of nitrogens with one attached hydrogen (secondary N) is 1. The number of rotatable bonds is 0. The Kier molecular flexibility index (Phi) is 1.29. The Morgan fingerprint density at radius 1 is 1.45 bits per heavy atom. The van der Waals surface area contributed by atoms with Crippen molar-refractivity contribution < 1.29 is 5.11 Å². The number of hydrogen-bond acceptors (Lipinski definition) is 3.